The average molecular weight is 392 g/mol. The van der Waals surface area contributed by atoms with Crippen LogP contribution in [0.1, 0.15) is 30.0 Å². The number of nitrogens with zero attached hydrogens (tertiary/aromatic N) is 4. The smallest absolute Gasteiger partial charge is 0.267 e. The quantitative estimate of drug-likeness (QED) is 0.517. The maximum Gasteiger partial charge on any atom is 0.267 e. The molecule has 0 atom stereocenters. The van der Waals surface area contributed by atoms with E-state index < -0.39 is 5.91 Å². The summed E-state index contributed by atoms with van der Waals surface area (Å²) in [5.41, 5.74) is 0.616. The first-order valence-electron chi connectivity index (χ1n) is 9.19. The van der Waals surface area contributed by atoms with Gasteiger partial charge in [0.2, 0.25) is 0 Å². The van der Waals surface area contributed by atoms with Gasteiger partial charge in [0.05, 0.1) is 10.9 Å². The van der Waals surface area contributed by atoms with Gasteiger partial charge in [-0.3, -0.25) is 19.4 Å². The van der Waals surface area contributed by atoms with Crippen LogP contribution in [-0.4, -0.2) is 25.0 Å². The van der Waals surface area contributed by atoms with Crippen molar-refractivity contribution < 1.29 is 9.32 Å². The summed E-state index contributed by atoms with van der Waals surface area (Å²) in [6.45, 7) is 6.14. The van der Waals surface area contributed by atoms with Gasteiger partial charge in [-0.2, -0.15) is 0 Å². The van der Waals surface area contributed by atoms with Crippen molar-refractivity contribution >= 4 is 28.4 Å². The van der Waals surface area contributed by atoms with E-state index in [4.69, 9.17) is 9.93 Å². The Balaban J connectivity index is 1.97. The number of aryl methyl sites for hydroxylation is 1. The predicted molar refractivity (Wildman–Crippen MR) is 107 cm³/mol. The SMILES string of the molecule is Cc1cc(NC(=O)c2cc3c(=O)n4ccccc4nc3n(CC(C)C)c2=N)no1. The second-order valence-electron chi connectivity index (χ2n) is 7.27. The number of fused-ring (bicyclic) bond motifs is 2. The van der Waals surface area contributed by atoms with Gasteiger partial charge in [0.25, 0.3) is 11.5 Å². The molecule has 0 aliphatic carbocycles. The van der Waals surface area contributed by atoms with Crippen LogP contribution in [0, 0.1) is 18.3 Å². The lowest BCUT2D eigenvalue weighted by molar-refractivity contribution is 0.102. The number of hydrogen-bond acceptors (Lipinski definition) is 6. The number of anilines is 1. The fourth-order valence-electron chi connectivity index (χ4n) is 3.21. The Morgan fingerprint density at radius 3 is 2.79 bits per heavy atom. The minimum absolute atomic E-state index is 0.0175. The van der Waals surface area contributed by atoms with Gasteiger partial charge in [-0.15, -0.1) is 0 Å². The van der Waals surface area contributed by atoms with E-state index >= 15 is 0 Å². The van der Waals surface area contributed by atoms with Crippen molar-refractivity contribution in [2.75, 3.05) is 5.32 Å². The molecule has 9 heteroatoms. The Morgan fingerprint density at radius 2 is 2.10 bits per heavy atom. The molecule has 29 heavy (non-hydrogen) atoms. The summed E-state index contributed by atoms with van der Waals surface area (Å²) in [6, 6.07) is 8.27. The monoisotopic (exact) mass is 392 g/mol. The third-order valence-electron chi connectivity index (χ3n) is 4.48. The van der Waals surface area contributed by atoms with Crippen LogP contribution in [0.3, 0.4) is 0 Å². The van der Waals surface area contributed by atoms with Crippen LogP contribution in [-0.2, 0) is 6.54 Å². The maximum absolute atomic E-state index is 13.1. The van der Waals surface area contributed by atoms with E-state index in [2.05, 4.69) is 15.5 Å². The number of amides is 1. The molecular weight excluding hydrogens is 372 g/mol. The van der Waals surface area contributed by atoms with Gasteiger partial charge >= 0.3 is 0 Å². The average Bonchev–Trinajstić information content (AvgIpc) is 3.08. The van der Waals surface area contributed by atoms with Gasteiger partial charge in [-0.1, -0.05) is 25.1 Å². The van der Waals surface area contributed by atoms with Crippen molar-refractivity contribution in [3.63, 3.8) is 0 Å². The third kappa shape index (κ3) is 3.31. The molecule has 0 fully saturated rings. The Morgan fingerprint density at radius 1 is 1.31 bits per heavy atom. The minimum Gasteiger partial charge on any atom is -0.360 e. The van der Waals surface area contributed by atoms with Crippen LogP contribution in [0.4, 0.5) is 5.82 Å². The summed E-state index contributed by atoms with van der Waals surface area (Å²) in [6.07, 6.45) is 1.63. The van der Waals surface area contributed by atoms with Crippen LogP contribution in [0.25, 0.3) is 16.7 Å². The van der Waals surface area contributed by atoms with Crippen molar-refractivity contribution in [1.82, 2.24) is 19.1 Å². The predicted octanol–water partition coefficient (Wildman–Crippen LogP) is 2.33. The van der Waals surface area contributed by atoms with Gasteiger partial charge in [0.1, 0.15) is 22.5 Å². The number of hydrogen-bond donors (Lipinski definition) is 2. The van der Waals surface area contributed by atoms with E-state index in [0.29, 0.717) is 23.6 Å². The zero-order valence-corrected chi connectivity index (χ0v) is 16.3. The Hall–Kier alpha value is -3.75. The molecule has 0 spiro atoms. The van der Waals surface area contributed by atoms with Gasteiger partial charge in [0.15, 0.2) is 5.82 Å². The number of nitrogens with one attached hydrogen (secondary N) is 2. The van der Waals surface area contributed by atoms with E-state index in [1.807, 2.05) is 13.8 Å². The summed E-state index contributed by atoms with van der Waals surface area (Å²) in [4.78, 5) is 30.5. The van der Waals surface area contributed by atoms with Crippen molar-refractivity contribution in [2.24, 2.45) is 5.92 Å². The molecular formula is C20H20N6O3. The van der Waals surface area contributed by atoms with Gasteiger partial charge in [0, 0.05) is 18.8 Å². The van der Waals surface area contributed by atoms with E-state index in [0.717, 1.165) is 0 Å². The first-order valence-corrected chi connectivity index (χ1v) is 9.19. The topological polar surface area (TPSA) is 118 Å². The van der Waals surface area contributed by atoms with Crippen molar-refractivity contribution in [2.45, 2.75) is 27.3 Å². The van der Waals surface area contributed by atoms with E-state index in [1.54, 1.807) is 42.0 Å². The normalized spacial score (nSPS) is 11.4. The van der Waals surface area contributed by atoms with Gasteiger partial charge in [-0.05, 0) is 31.0 Å². The molecule has 9 nitrogen and oxygen atoms in total. The van der Waals surface area contributed by atoms with Crippen LogP contribution in [0.2, 0.25) is 0 Å². The molecule has 0 aliphatic heterocycles. The van der Waals surface area contributed by atoms with Crippen LogP contribution >= 0.6 is 0 Å². The highest BCUT2D eigenvalue weighted by molar-refractivity contribution is 6.05. The lowest BCUT2D eigenvalue weighted by Crippen LogP contribution is -2.33. The largest absolute Gasteiger partial charge is 0.360 e. The number of pyridine rings is 2. The molecule has 4 aromatic heterocycles. The Bertz CT molecular complexity index is 1360. The number of aromatic nitrogens is 4. The summed E-state index contributed by atoms with van der Waals surface area (Å²) in [7, 11) is 0. The standard InChI is InChI=1S/C20H20N6O3/c1-11(2)10-26-17(21)13(19(27)22-15-8-12(3)29-24-15)9-14-18(26)23-16-6-4-5-7-25(16)20(14)28/h4-9,11,21H,10H2,1-3H3,(H,22,24,27). The van der Waals surface area contributed by atoms with Crippen LogP contribution < -0.4 is 16.4 Å². The maximum atomic E-state index is 13.1. The van der Waals surface area contributed by atoms with Gasteiger partial charge < -0.3 is 14.4 Å². The molecule has 0 radical (unpaired) electrons. The molecule has 0 unspecified atom stereocenters. The summed E-state index contributed by atoms with van der Waals surface area (Å²) in [5, 5.41) is 15.2. The molecule has 2 N–H and O–H groups in total. The molecule has 0 aliphatic rings. The second-order valence-corrected chi connectivity index (χ2v) is 7.27. The number of rotatable bonds is 4. The molecule has 4 aromatic rings. The molecule has 148 valence electrons. The lowest BCUT2D eigenvalue weighted by atomic mass is 10.1. The van der Waals surface area contributed by atoms with Crippen molar-refractivity contribution in [3.8, 4) is 0 Å². The Labute approximate surface area is 165 Å². The van der Waals surface area contributed by atoms with Crippen molar-refractivity contribution in [3.05, 3.63) is 63.7 Å². The van der Waals surface area contributed by atoms with E-state index in [1.165, 1.54) is 10.5 Å². The second kappa shape index (κ2) is 7.01. The molecule has 1 amide bonds. The summed E-state index contributed by atoms with van der Waals surface area (Å²) >= 11 is 0. The minimum atomic E-state index is -0.541. The molecule has 4 heterocycles. The first kappa shape index (κ1) is 18.6. The fourth-order valence-corrected chi connectivity index (χ4v) is 3.21. The van der Waals surface area contributed by atoms with Gasteiger partial charge in [-0.25, -0.2) is 4.98 Å². The molecule has 0 aromatic carbocycles. The van der Waals surface area contributed by atoms with Crippen LogP contribution in [0.15, 0.2) is 45.8 Å². The molecule has 0 saturated carbocycles. The van der Waals surface area contributed by atoms with Crippen LogP contribution in [0.5, 0.6) is 0 Å². The lowest BCUT2D eigenvalue weighted by Gasteiger charge is -2.16. The van der Waals surface area contributed by atoms with E-state index in [-0.39, 0.29) is 33.7 Å². The fraction of sp³-hybridized carbons (Fsp3) is 0.250. The van der Waals surface area contributed by atoms with E-state index in [9.17, 15) is 9.59 Å². The molecule has 0 saturated heterocycles. The Kier molecular flexibility index (Phi) is 4.50. The number of carbonyl (C=O) groups excluding carboxylic acids is 1. The van der Waals surface area contributed by atoms with Crippen molar-refractivity contribution in [1.29, 1.82) is 5.41 Å². The molecule has 4 rings (SSSR count). The zero-order chi connectivity index (χ0) is 20.7. The summed E-state index contributed by atoms with van der Waals surface area (Å²) in [5.74, 6) is 0.435. The highest BCUT2D eigenvalue weighted by Crippen LogP contribution is 2.14. The number of carbonyl (C=O) groups is 1. The third-order valence-corrected chi connectivity index (χ3v) is 4.48. The molecule has 0 bridgehead atoms. The summed E-state index contributed by atoms with van der Waals surface area (Å²) < 4.78 is 8.00. The highest BCUT2D eigenvalue weighted by atomic mass is 16.5. The highest BCUT2D eigenvalue weighted by Gasteiger charge is 2.19. The first-order chi connectivity index (χ1) is 13.8. The zero-order valence-electron chi connectivity index (χ0n) is 16.3.